The molecule has 0 aliphatic rings. The molecule has 2 aromatic heterocycles. The van der Waals surface area contributed by atoms with Crippen molar-refractivity contribution in [3.8, 4) is 17.0 Å². The third-order valence-corrected chi connectivity index (χ3v) is 3.04. The van der Waals surface area contributed by atoms with Gasteiger partial charge in [-0.1, -0.05) is 0 Å². The van der Waals surface area contributed by atoms with E-state index >= 15 is 0 Å². The van der Waals surface area contributed by atoms with Crippen LogP contribution in [0.25, 0.3) is 16.9 Å². The van der Waals surface area contributed by atoms with E-state index in [2.05, 4.69) is 15.1 Å². The van der Waals surface area contributed by atoms with E-state index in [0.29, 0.717) is 4.52 Å². The lowest BCUT2D eigenvalue weighted by molar-refractivity contribution is 0.379. The zero-order valence-electron chi connectivity index (χ0n) is 10.7. The first-order chi connectivity index (χ1) is 10.3. The molecular formula is C12H5F5N4O. The fourth-order valence-corrected chi connectivity index (χ4v) is 2.05. The van der Waals surface area contributed by atoms with Gasteiger partial charge in [0.1, 0.15) is 6.33 Å². The van der Waals surface area contributed by atoms with E-state index in [1.54, 1.807) is 0 Å². The minimum absolute atomic E-state index is 0.0948. The summed E-state index contributed by atoms with van der Waals surface area (Å²) in [7, 11) is 0. The number of aromatic nitrogens is 4. The average Bonchev–Trinajstić information content (AvgIpc) is 2.95. The van der Waals surface area contributed by atoms with Crippen molar-refractivity contribution in [2.45, 2.75) is 6.92 Å². The molecule has 0 fully saturated rings. The molecule has 0 saturated carbocycles. The van der Waals surface area contributed by atoms with Gasteiger partial charge in [-0.15, -0.1) is 0 Å². The van der Waals surface area contributed by atoms with Crippen molar-refractivity contribution in [1.82, 2.24) is 19.6 Å². The number of hydrogen-bond donors (Lipinski definition) is 1. The number of rotatable bonds is 1. The summed E-state index contributed by atoms with van der Waals surface area (Å²) in [5.74, 6) is -11.6. The van der Waals surface area contributed by atoms with Crippen LogP contribution in [0.15, 0.2) is 6.33 Å². The van der Waals surface area contributed by atoms with Crippen molar-refractivity contribution in [2.75, 3.05) is 0 Å². The first-order valence-corrected chi connectivity index (χ1v) is 5.75. The highest BCUT2D eigenvalue weighted by Gasteiger charge is 2.30. The maximum absolute atomic E-state index is 13.9. The molecule has 0 spiro atoms. The lowest BCUT2D eigenvalue weighted by atomic mass is 10.0. The van der Waals surface area contributed by atoms with E-state index in [9.17, 15) is 27.1 Å². The lowest BCUT2D eigenvalue weighted by Gasteiger charge is -2.12. The second-order valence-electron chi connectivity index (χ2n) is 4.31. The van der Waals surface area contributed by atoms with E-state index in [1.807, 2.05) is 0 Å². The van der Waals surface area contributed by atoms with Crippen LogP contribution in [-0.4, -0.2) is 24.7 Å². The van der Waals surface area contributed by atoms with Gasteiger partial charge in [-0.3, -0.25) is 0 Å². The van der Waals surface area contributed by atoms with Gasteiger partial charge in [-0.25, -0.2) is 26.9 Å². The topological polar surface area (TPSA) is 63.3 Å². The van der Waals surface area contributed by atoms with Gasteiger partial charge in [-0.05, 0) is 6.92 Å². The molecule has 5 nitrogen and oxygen atoms in total. The van der Waals surface area contributed by atoms with E-state index < -0.39 is 46.1 Å². The first-order valence-electron chi connectivity index (χ1n) is 5.75. The van der Waals surface area contributed by atoms with Crippen molar-refractivity contribution in [3.63, 3.8) is 0 Å². The summed E-state index contributed by atoms with van der Waals surface area (Å²) in [6, 6.07) is 0. The zero-order chi connectivity index (χ0) is 16.2. The van der Waals surface area contributed by atoms with Gasteiger partial charge in [0.2, 0.25) is 11.7 Å². The second kappa shape index (κ2) is 4.61. The van der Waals surface area contributed by atoms with Gasteiger partial charge in [-0.2, -0.15) is 14.6 Å². The fraction of sp³-hybridized carbons (Fsp3) is 0.0833. The SMILES string of the molecule is Cc1nc2ncnn2c(O)c1-c1c(F)c(F)c(F)c(F)c1F. The van der Waals surface area contributed by atoms with E-state index in [-0.39, 0.29) is 11.5 Å². The molecule has 2 heterocycles. The maximum atomic E-state index is 13.9. The monoisotopic (exact) mass is 316 g/mol. The van der Waals surface area contributed by atoms with Crippen LogP contribution in [-0.2, 0) is 0 Å². The normalized spacial score (nSPS) is 11.4. The van der Waals surface area contributed by atoms with Crippen molar-refractivity contribution in [1.29, 1.82) is 0 Å². The van der Waals surface area contributed by atoms with Gasteiger partial charge in [0.25, 0.3) is 5.78 Å². The summed E-state index contributed by atoms with van der Waals surface area (Å²) in [5.41, 5.74) is -2.12. The van der Waals surface area contributed by atoms with Crippen LogP contribution in [0.5, 0.6) is 5.88 Å². The first kappa shape index (κ1) is 14.2. The highest BCUT2D eigenvalue weighted by atomic mass is 19.2. The quantitative estimate of drug-likeness (QED) is 0.426. The molecule has 0 bridgehead atoms. The van der Waals surface area contributed by atoms with Gasteiger partial charge >= 0.3 is 0 Å². The third kappa shape index (κ3) is 1.73. The Morgan fingerprint density at radius 3 is 2.05 bits per heavy atom. The lowest BCUT2D eigenvalue weighted by Crippen LogP contribution is -2.07. The van der Waals surface area contributed by atoms with Crippen LogP contribution >= 0.6 is 0 Å². The molecule has 0 aliphatic carbocycles. The Bertz CT molecular complexity index is 895. The summed E-state index contributed by atoms with van der Waals surface area (Å²) >= 11 is 0. The van der Waals surface area contributed by atoms with E-state index in [1.165, 1.54) is 6.92 Å². The van der Waals surface area contributed by atoms with Crippen LogP contribution in [0.3, 0.4) is 0 Å². The standard InChI is InChI=1S/C12H5F5N4O/c1-3-4(11(22)21-12(20-3)18-2-19-21)5-6(13)8(15)10(17)9(16)7(5)14/h2,22H,1H3. The maximum Gasteiger partial charge on any atom is 0.255 e. The Morgan fingerprint density at radius 2 is 1.45 bits per heavy atom. The molecule has 0 unspecified atom stereocenters. The summed E-state index contributed by atoms with van der Waals surface area (Å²) < 4.78 is 68.1. The summed E-state index contributed by atoms with van der Waals surface area (Å²) in [6.45, 7) is 1.22. The molecule has 22 heavy (non-hydrogen) atoms. The van der Waals surface area contributed by atoms with Crippen LogP contribution in [0.2, 0.25) is 0 Å². The van der Waals surface area contributed by atoms with Crippen molar-refractivity contribution >= 4 is 5.78 Å². The van der Waals surface area contributed by atoms with Crippen molar-refractivity contribution in [3.05, 3.63) is 41.1 Å². The Hall–Kier alpha value is -2.78. The Morgan fingerprint density at radius 1 is 0.909 bits per heavy atom. The van der Waals surface area contributed by atoms with Crippen molar-refractivity contribution in [2.24, 2.45) is 0 Å². The zero-order valence-corrected chi connectivity index (χ0v) is 10.7. The molecule has 3 rings (SSSR count). The predicted molar refractivity (Wildman–Crippen MR) is 62.4 cm³/mol. The number of hydrogen-bond acceptors (Lipinski definition) is 4. The molecule has 10 heteroatoms. The summed E-state index contributed by atoms with van der Waals surface area (Å²) in [4.78, 5) is 7.45. The average molecular weight is 316 g/mol. The molecule has 0 aliphatic heterocycles. The fourth-order valence-electron chi connectivity index (χ4n) is 2.05. The Balaban J connectivity index is 2.47. The van der Waals surface area contributed by atoms with Gasteiger partial charge in [0.05, 0.1) is 16.8 Å². The van der Waals surface area contributed by atoms with Crippen LogP contribution < -0.4 is 0 Å². The van der Waals surface area contributed by atoms with E-state index in [0.717, 1.165) is 6.33 Å². The second-order valence-corrected chi connectivity index (χ2v) is 4.31. The largest absolute Gasteiger partial charge is 0.493 e. The number of fused-ring (bicyclic) bond motifs is 1. The number of aryl methyl sites for hydroxylation is 1. The van der Waals surface area contributed by atoms with Crippen LogP contribution in [0.1, 0.15) is 5.69 Å². The summed E-state index contributed by atoms with van der Waals surface area (Å²) in [6.07, 6.45) is 1.00. The van der Waals surface area contributed by atoms with Gasteiger partial charge < -0.3 is 5.11 Å². The summed E-state index contributed by atoms with van der Waals surface area (Å²) in [5, 5.41) is 13.6. The smallest absolute Gasteiger partial charge is 0.255 e. The van der Waals surface area contributed by atoms with Crippen molar-refractivity contribution < 1.29 is 27.1 Å². The Labute approximate surface area is 118 Å². The third-order valence-electron chi connectivity index (χ3n) is 3.04. The van der Waals surface area contributed by atoms with Gasteiger partial charge in [0, 0.05) is 0 Å². The highest BCUT2D eigenvalue weighted by molar-refractivity contribution is 5.73. The van der Waals surface area contributed by atoms with Crippen LogP contribution in [0.4, 0.5) is 22.0 Å². The molecule has 0 saturated heterocycles. The van der Waals surface area contributed by atoms with E-state index in [4.69, 9.17) is 0 Å². The Kier molecular flexibility index (Phi) is 2.97. The molecule has 0 atom stereocenters. The molecule has 3 aromatic rings. The number of nitrogens with zero attached hydrogens (tertiary/aromatic N) is 4. The highest BCUT2D eigenvalue weighted by Crippen LogP contribution is 2.37. The molecular weight excluding hydrogens is 311 g/mol. The van der Waals surface area contributed by atoms with Gasteiger partial charge in [0.15, 0.2) is 23.3 Å². The molecule has 0 radical (unpaired) electrons. The number of benzene rings is 1. The molecule has 114 valence electrons. The molecule has 1 N–H and O–H groups in total. The minimum atomic E-state index is -2.29. The minimum Gasteiger partial charge on any atom is -0.493 e. The molecule has 1 aromatic carbocycles. The molecule has 0 amide bonds. The van der Waals surface area contributed by atoms with Crippen LogP contribution in [0, 0.1) is 36.0 Å². The predicted octanol–water partition coefficient (Wildman–Crippen LogP) is 2.50. The number of aromatic hydroxyl groups is 1. The number of halogens is 5.